The normalized spacial score (nSPS) is 17.2. The fraction of sp³-hybridized carbons (Fsp3) is 0.257. The van der Waals surface area contributed by atoms with Gasteiger partial charge in [-0.1, -0.05) is 69.5 Å². The van der Waals surface area contributed by atoms with Gasteiger partial charge in [0.25, 0.3) is 5.91 Å². The van der Waals surface area contributed by atoms with Gasteiger partial charge in [-0.2, -0.15) is 0 Å². The largest absolute Gasteiger partial charge is 0.494 e. The van der Waals surface area contributed by atoms with Gasteiger partial charge in [0.05, 0.1) is 20.8 Å². The summed E-state index contributed by atoms with van der Waals surface area (Å²) >= 11 is 16.7. The van der Waals surface area contributed by atoms with Crippen molar-refractivity contribution in [3.63, 3.8) is 0 Å². The van der Waals surface area contributed by atoms with E-state index in [9.17, 15) is 4.79 Å². The number of ether oxygens (including phenoxy) is 4. The maximum atomic E-state index is 14.6. The highest BCUT2D eigenvalue weighted by atomic mass is 79.9. The molecule has 0 saturated heterocycles. The zero-order chi connectivity index (χ0) is 32.7. The smallest absolute Gasteiger partial charge is 0.252 e. The average Bonchev–Trinajstić information content (AvgIpc) is 3.45. The lowest BCUT2D eigenvalue weighted by atomic mass is 9.82. The molecule has 0 bridgehead atoms. The van der Waals surface area contributed by atoms with Gasteiger partial charge < -0.3 is 29.4 Å². The molecule has 0 aromatic heterocycles. The van der Waals surface area contributed by atoms with E-state index in [1.54, 1.807) is 50.6 Å². The van der Waals surface area contributed by atoms with Crippen molar-refractivity contribution in [3.05, 3.63) is 122 Å². The van der Waals surface area contributed by atoms with Crippen LogP contribution in [-0.2, 0) is 22.5 Å². The van der Waals surface area contributed by atoms with Gasteiger partial charge in [0, 0.05) is 51.6 Å². The number of carbonyl (C=O) groups is 1. The third kappa shape index (κ3) is 7.44. The molecule has 1 aliphatic heterocycles. The Labute approximate surface area is 286 Å². The molecule has 2 N–H and O–H groups in total. The van der Waals surface area contributed by atoms with Gasteiger partial charge in [0.2, 0.25) is 5.90 Å². The predicted molar refractivity (Wildman–Crippen MR) is 182 cm³/mol. The van der Waals surface area contributed by atoms with E-state index in [1.165, 1.54) is 0 Å². The van der Waals surface area contributed by atoms with Crippen molar-refractivity contribution < 1.29 is 28.8 Å². The van der Waals surface area contributed by atoms with Crippen molar-refractivity contribution in [2.45, 2.75) is 31.0 Å². The summed E-state index contributed by atoms with van der Waals surface area (Å²) in [7, 11) is 3.13. The van der Waals surface area contributed by atoms with Gasteiger partial charge in [0.15, 0.2) is 23.1 Å². The van der Waals surface area contributed by atoms with Crippen LogP contribution >= 0.6 is 39.1 Å². The number of aliphatic imine (C=N–C) groups is 1. The summed E-state index contributed by atoms with van der Waals surface area (Å²) in [5, 5.41) is 13.0. The summed E-state index contributed by atoms with van der Waals surface area (Å²) in [6.45, 7) is 0.632. The van der Waals surface area contributed by atoms with Crippen LogP contribution in [0, 0.1) is 0 Å². The number of rotatable bonds is 13. The number of benzene rings is 4. The Morgan fingerprint density at radius 3 is 2.46 bits per heavy atom. The van der Waals surface area contributed by atoms with Crippen molar-refractivity contribution in [2.24, 2.45) is 4.99 Å². The number of carbonyl (C=O) groups excluding carboxylic acids is 1. The molecule has 0 spiro atoms. The number of hydrogen-bond acceptors (Lipinski definition) is 7. The summed E-state index contributed by atoms with van der Waals surface area (Å²) < 4.78 is 24.0. The molecular formula is C35H33BrCl2N2O6. The number of methoxy groups -OCH3 is 2. The SMILES string of the molecule is COc1ccc(CNC(=O)[C@]2(Cc3ccccc3Br)N=C(c3ccc(OCCCO)cc3)O[C@@H]2c2ccc(Cl)cc2Cl)cc1OC. The second kappa shape index (κ2) is 15.2. The molecule has 5 rings (SSSR count). The van der Waals surface area contributed by atoms with Gasteiger partial charge in [-0.05, 0) is 65.7 Å². The van der Waals surface area contributed by atoms with E-state index in [0.717, 1.165) is 15.6 Å². The molecule has 0 saturated carbocycles. The summed E-state index contributed by atoms with van der Waals surface area (Å²) in [5.41, 5.74) is 1.43. The first-order valence-electron chi connectivity index (χ1n) is 14.6. The monoisotopic (exact) mass is 726 g/mol. The Bertz CT molecular complexity index is 1720. The zero-order valence-electron chi connectivity index (χ0n) is 25.3. The third-order valence-corrected chi connectivity index (χ3v) is 8.93. The van der Waals surface area contributed by atoms with E-state index in [-0.39, 0.29) is 31.4 Å². The Morgan fingerprint density at radius 2 is 1.76 bits per heavy atom. The lowest BCUT2D eigenvalue weighted by molar-refractivity contribution is -0.129. The molecule has 2 atom stereocenters. The molecule has 0 radical (unpaired) electrons. The molecule has 4 aromatic carbocycles. The summed E-state index contributed by atoms with van der Waals surface area (Å²) in [5.74, 6) is 1.71. The summed E-state index contributed by atoms with van der Waals surface area (Å²) in [6, 6.07) is 25.5. The molecule has 46 heavy (non-hydrogen) atoms. The summed E-state index contributed by atoms with van der Waals surface area (Å²) in [4.78, 5) is 19.7. The van der Waals surface area contributed by atoms with Crippen LogP contribution in [0.1, 0.15) is 34.8 Å². The molecule has 1 heterocycles. The minimum absolute atomic E-state index is 0.0467. The average molecular weight is 728 g/mol. The van der Waals surface area contributed by atoms with Crippen LogP contribution in [0.5, 0.6) is 17.2 Å². The molecule has 11 heteroatoms. The van der Waals surface area contributed by atoms with Crippen molar-refractivity contribution in [1.29, 1.82) is 0 Å². The maximum Gasteiger partial charge on any atom is 0.252 e. The highest BCUT2D eigenvalue weighted by Gasteiger charge is 2.54. The minimum atomic E-state index is -1.47. The van der Waals surface area contributed by atoms with Gasteiger partial charge >= 0.3 is 0 Å². The standard InChI is InChI=1S/C35H33BrCl2N2O6/c1-43-30-15-8-22(18-31(30)44-2)21-39-34(42)35(20-24-6-3-4-7-28(24)36)32(27-14-11-25(37)19-29(27)38)46-33(40-35)23-9-12-26(13-10-23)45-17-5-16-41/h3-4,6-15,18-19,32,41H,5,16-17,20-21H2,1-2H3,(H,39,42)/t32-,35-/m1/s1. The summed E-state index contributed by atoms with van der Waals surface area (Å²) in [6.07, 6.45) is -0.177. The quantitative estimate of drug-likeness (QED) is 0.140. The molecule has 0 aliphatic carbocycles. The number of hydrogen-bond donors (Lipinski definition) is 2. The molecule has 0 unspecified atom stereocenters. The number of amides is 1. The van der Waals surface area contributed by atoms with Crippen LogP contribution in [0.15, 0.2) is 94.4 Å². The minimum Gasteiger partial charge on any atom is -0.494 e. The highest BCUT2D eigenvalue weighted by molar-refractivity contribution is 9.10. The first kappa shape index (κ1) is 33.6. The van der Waals surface area contributed by atoms with E-state index in [1.807, 2.05) is 48.5 Å². The lowest BCUT2D eigenvalue weighted by Crippen LogP contribution is -2.49. The Balaban J connectivity index is 1.58. The van der Waals surface area contributed by atoms with Gasteiger partial charge in [-0.3, -0.25) is 4.79 Å². The Hall–Kier alpha value is -3.76. The number of halogens is 3. The number of aliphatic hydroxyl groups is 1. The molecule has 4 aromatic rings. The Morgan fingerprint density at radius 1 is 1.00 bits per heavy atom. The molecule has 1 amide bonds. The first-order chi connectivity index (χ1) is 22.3. The van der Waals surface area contributed by atoms with Gasteiger partial charge in [0.1, 0.15) is 5.75 Å². The van der Waals surface area contributed by atoms with Crippen molar-refractivity contribution in [2.75, 3.05) is 27.4 Å². The molecule has 0 fully saturated rings. The second-order valence-electron chi connectivity index (χ2n) is 10.6. The van der Waals surface area contributed by atoms with Gasteiger partial charge in [-0.25, -0.2) is 4.99 Å². The van der Waals surface area contributed by atoms with E-state index < -0.39 is 11.6 Å². The van der Waals surface area contributed by atoms with Crippen LogP contribution in [0.2, 0.25) is 10.0 Å². The first-order valence-corrected chi connectivity index (χ1v) is 16.1. The zero-order valence-corrected chi connectivity index (χ0v) is 28.4. The van der Waals surface area contributed by atoms with Gasteiger partial charge in [-0.15, -0.1) is 0 Å². The lowest BCUT2D eigenvalue weighted by Gasteiger charge is -2.31. The van der Waals surface area contributed by atoms with Crippen molar-refractivity contribution >= 4 is 50.9 Å². The molecule has 8 nitrogen and oxygen atoms in total. The highest BCUT2D eigenvalue weighted by Crippen LogP contribution is 2.45. The fourth-order valence-corrected chi connectivity index (χ4v) is 6.16. The number of nitrogens with one attached hydrogen (secondary N) is 1. The van der Waals surface area contributed by atoms with Crippen molar-refractivity contribution in [1.82, 2.24) is 5.32 Å². The number of aliphatic hydroxyl groups excluding tert-OH is 1. The van der Waals surface area contributed by atoms with E-state index in [4.69, 9.17) is 52.2 Å². The van der Waals surface area contributed by atoms with E-state index in [2.05, 4.69) is 21.2 Å². The van der Waals surface area contributed by atoms with Crippen molar-refractivity contribution in [3.8, 4) is 17.2 Å². The predicted octanol–water partition coefficient (Wildman–Crippen LogP) is 7.35. The Kier molecular flexibility index (Phi) is 11.1. The van der Waals surface area contributed by atoms with Crippen LogP contribution < -0.4 is 19.5 Å². The second-order valence-corrected chi connectivity index (χ2v) is 12.3. The topological polar surface area (TPSA) is 98.6 Å². The van der Waals surface area contributed by atoms with Crippen LogP contribution in [0.25, 0.3) is 0 Å². The van der Waals surface area contributed by atoms with Crippen LogP contribution in [0.4, 0.5) is 0 Å². The van der Waals surface area contributed by atoms with Crippen LogP contribution in [-0.4, -0.2) is 49.9 Å². The molecule has 240 valence electrons. The third-order valence-electron chi connectivity index (χ3n) is 7.59. The van der Waals surface area contributed by atoms with E-state index >= 15 is 0 Å². The molecular weight excluding hydrogens is 695 g/mol. The maximum absolute atomic E-state index is 14.6. The fourth-order valence-electron chi connectivity index (χ4n) is 5.23. The van der Waals surface area contributed by atoms with Crippen LogP contribution in [0.3, 0.4) is 0 Å². The number of nitrogens with zero attached hydrogens (tertiary/aromatic N) is 1. The molecule has 1 aliphatic rings. The van der Waals surface area contributed by atoms with E-state index in [0.29, 0.717) is 51.4 Å².